The predicted molar refractivity (Wildman–Crippen MR) is 92.0 cm³/mol. The van der Waals surface area contributed by atoms with Crippen LogP contribution in [0.15, 0.2) is 59.1 Å². The fourth-order valence-electron chi connectivity index (χ4n) is 2.22. The SMILES string of the molecule is c1ccn2c(SCCCSc3nnc4ccccn34)nnc2c1. The number of thioether (sulfide) groups is 2. The van der Waals surface area contributed by atoms with E-state index in [-0.39, 0.29) is 0 Å². The third-order valence-corrected chi connectivity index (χ3v) is 5.37. The first kappa shape index (κ1) is 14.5. The van der Waals surface area contributed by atoms with E-state index in [0.717, 1.165) is 39.5 Å². The lowest BCUT2D eigenvalue weighted by atomic mass is 10.5. The van der Waals surface area contributed by atoms with Crippen LogP contribution in [-0.2, 0) is 0 Å². The van der Waals surface area contributed by atoms with Crippen molar-refractivity contribution in [2.45, 2.75) is 16.7 Å². The van der Waals surface area contributed by atoms with Gasteiger partial charge in [0.05, 0.1) is 0 Å². The van der Waals surface area contributed by atoms with Crippen molar-refractivity contribution in [2.75, 3.05) is 11.5 Å². The maximum Gasteiger partial charge on any atom is 0.195 e. The highest BCUT2D eigenvalue weighted by molar-refractivity contribution is 8.00. The Bertz CT molecular complexity index is 856. The highest BCUT2D eigenvalue weighted by Gasteiger charge is 2.06. The zero-order valence-electron chi connectivity index (χ0n) is 12.2. The van der Waals surface area contributed by atoms with Crippen LogP contribution in [0.25, 0.3) is 11.3 Å². The van der Waals surface area contributed by atoms with Crippen LogP contribution in [0.3, 0.4) is 0 Å². The van der Waals surface area contributed by atoms with E-state index in [9.17, 15) is 0 Å². The monoisotopic (exact) mass is 342 g/mol. The summed E-state index contributed by atoms with van der Waals surface area (Å²) in [5, 5.41) is 18.7. The Morgan fingerprint density at radius 2 is 1.22 bits per heavy atom. The van der Waals surface area contributed by atoms with Crippen LogP contribution in [0.2, 0.25) is 0 Å². The van der Waals surface area contributed by atoms with E-state index in [1.54, 1.807) is 23.5 Å². The summed E-state index contributed by atoms with van der Waals surface area (Å²) >= 11 is 3.46. The van der Waals surface area contributed by atoms with Crippen LogP contribution in [-0.4, -0.2) is 40.7 Å². The minimum Gasteiger partial charge on any atom is -0.277 e. The molecular weight excluding hydrogens is 328 g/mol. The van der Waals surface area contributed by atoms with Crippen molar-refractivity contribution in [1.82, 2.24) is 29.2 Å². The predicted octanol–water partition coefficient (Wildman–Crippen LogP) is 3.05. The topological polar surface area (TPSA) is 60.4 Å². The van der Waals surface area contributed by atoms with Crippen molar-refractivity contribution < 1.29 is 0 Å². The van der Waals surface area contributed by atoms with E-state index in [2.05, 4.69) is 20.4 Å². The molecule has 0 aliphatic carbocycles. The van der Waals surface area contributed by atoms with Gasteiger partial charge in [-0.3, -0.25) is 8.80 Å². The van der Waals surface area contributed by atoms with E-state index in [0.29, 0.717) is 0 Å². The molecule has 0 N–H and O–H groups in total. The molecule has 0 saturated carbocycles. The van der Waals surface area contributed by atoms with Gasteiger partial charge in [-0.15, -0.1) is 20.4 Å². The Kier molecular flexibility index (Phi) is 4.16. The summed E-state index contributed by atoms with van der Waals surface area (Å²) in [6.07, 6.45) is 5.06. The zero-order valence-corrected chi connectivity index (χ0v) is 13.9. The van der Waals surface area contributed by atoms with Gasteiger partial charge in [-0.2, -0.15) is 0 Å². The van der Waals surface area contributed by atoms with Gasteiger partial charge in [-0.1, -0.05) is 35.7 Å². The molecule has 0 unspecified atom stereocenters. The van der Waals surface area contributed by atoms with E-state index in [1.165, 1.54) is 0 Å². The van der Waals surface area contributed by atoms with Gasteiger partial charge in [0.15, 0.2) is 21.6 Å². The molecule has 0 fully saturated rings. The lowest BCUT2D eigenvalue weighted by Gasteiger charge is -2.01. The molecule has 0 spiro atoms. The van der Waals surface area contributed by atoms with Gasteiger partial charge in [0, 0.05) is 23.9 Å². The minimum absolute atomic E-state index is 0.888. The summed E-state index contributed by atoms with van der Waals surface area (Å²) in [4.78, 5) is 0. The molecule has 6 nitrogen and oxygen atoms in total. The summed E-state index contributed by atoms with van der Waals surface area (Å²) in [6, 6.07) is 11.8. The molecule has 23 heavy (non-hydrogen) atoms. The first-order valence-corrected chi connectivity index (χ1v) is 9.24. The molecule has 4 aromatic rings. The third-order valence-electron chi connectivity index (χ3n) is 3.32. The molecule has 0 bridgehead atoms. The lowest BCUT2D eigenvalue weighted by molar-refractivity contribution is 0.913. The third kappa shape index (κ3) is 3.04. The first-order valence-electron chi connectivity index (χ1n) is 7.27. The molecule has 116 valence electrons. The fourth-order valence-corrected chi connectivity index (χ4v) is 4.13. The van der Waals surface area contributed by atoms with Crippen LogP contribution in [0.4, 0.5) is 0 Å². The summed E-state index contributed by atoms with van der Waals surface area (Å²) in [6.45, 7) is 0. The van der Waals surface area contributed by atoms with Crippen LogP contribution in [0, 0.1) is 0 Å². The van der Waals surface area contributed by atoms with Gasteiger partial charge in [-0.25, -0.2) is 0 Å². The van der Waals surface area contributed by atoms with Crippen molar-refractivity contribution in [3.8, 4) is 0 Å². The molecule has 8 heteroatoms. The normalized spacial score (nSPS) is 11.5. The van der Waals surface area contributed by atoms with Crippen molar-refractivity contribution >= 4 is 34.8 Å². The number of nitrogens with zero attached hydrogens (tertiary/aromatic N) is 6. The molecule has 4 heterocycles. The zero-order chi connectivity index (χ0) is 15.5. The molecule has 0 saturated heterocycles. The fraction of sp³-hybridized carbons (Fsp3) is 0.200. The molecular formula is C15H14N6S2. The summed E-state index contributed by atoms with van der Waals surface area (Å²) < 4.78 is 4.04. The standard InChI is InChI=1S/C15H14N6S2/c1-3-8-20-12(6-1)16-18-14(20)22-10-5-11-23-15-19-17-13-7-2-4-9-21(13)15/h1-4,6-9H,5,10-11H2. The van der Waals surface area contributed by atoms with Crippen molar-refractivity contribution in [3.05, 3.63) is 48.8 Å². The van der Waals surface area contributed by atoms with Gasteiger partial charge < -0.3 is 0 Å². The number of hydrogen-bond acceptors (Lipinski definition) is 6. The van der Waals surface area contributed by atoms with Gasteiger partial charge in [0.25, 0.3) is 0 Å². The molecule has 0 radical (unpaired) electrons. The smallest absolute Gasteiger partial charge is 0.195 e. The number of hydrogen-bond donors (Lipinski definition) is 0. The molecule has 0 atom stereocenters. The van der Waals surface area contributed by atoms with Crippen molar-refractivity contribution in [1.29, 1.82) is 0 Å². The van der Waals surface area contributed by atoms with Crippen molar-refractivity contribution in [3.63, 3.8) is 0 Å². The number of rotatable bonds is 6. The minimum atomic E-state index is 0.888. The van der Waals surface area contributed by atoms with Crippen molar-refractivity contribution in [2.24, 2.45) is 0 Å². The summed E-state index contributed by atoms with van der Waals surface area (Å²) in [7, 11) is 0. The maximum atomic E-state index is 4.23. The van der Waals surface area contributed by atoms with Crippen LogP contribution < -0.4 is 0 Å². The molecule has 4 aromatic heterocycles. The molecule has 4 rings (SSSR count). The highest BCUT2D eigenvalue weighted by atomic mass is 32.2. The number of aromatic nitrogens is 6. The van der Waals surface area contributed by atoms with E-state index < -0.39 is 0 Å². The van der Waals surface area contributed by atoms with Crippen LogP contribution in [0.5, 0.6) is 0 Å². The Hall–Kier alpha value is -2.06. The second kappa shape index (κ2) is 6.59. The Balaban J connectivity index is 1.31. The van der Waals surface area contributed by atoms with Crippen LogP contribution in [0.1, 0.15) is 6.42 Å². The van der Waals surface area contributed by atoms with Gasteiger partial charge >= 0.3 is 0 Å². The number of pyridine rings is 2. The molecule has 0 amide bonds. The second-order valence-electron chi connectivity index (χ2n) is 4.87. The van der Waals surface area contributed by atoms with Gasteiger partial charge in [-0.05, 0) is 30.7 Å². The Labute approximate surface area is 141 Å². The van der Waals surface area contributed by atoms with E-state index in [1.807, 2.05) is 57.6 Å². The average molecular weight is 342 g/mol. The van der Waals surface area contributed by atoms with E-state index in [4.69, 9.17) is 0 Å². The van der Waals surface area contributed by atoms with Crippen LogP contribution >= 0.6 is 23.5 Å². The molecule has 0 aliphatic rings. The highest BCUT2D eigenvalue weighted by Crippen LogP contribution is 2.21. The second-order valence-corrected chi connectivity index (χ2v) is 7.00. The van der Waals surface area contributed by atoms with Gasteiger partial charge in [0.1, 0.15) is 0 Å². The molecule has 0 aliphatic heterocycles. The first-order chi connectivity index (χ1) is 11.4. The Morgan fingerprint density at radius 3 is 1.74 bits per heavy atom. The lowest BCUT2D eigenvalue weighted by Crippen LogP contribution is -1.91. The van der Waals surface area contributed by atoms with Gasteiger partial charge in [0.2, 0.25) is 0 Å². The summed E-state index contributed by atoms with van der Waals surface area (Å²) in [5.74, 6) is 2.00. The van der Waals surface area contributed by atoms with E-state index >= 15 is 0 Å². The maximum absolute atomic E-state index is 4.23. The Morgan fingerprint density at radius 1 is 0.696 bits per heavy atom. The quantitative estimate of drug-likeness (QED) is 0.396. The molecule has 0 aromatic carbocycles. The number of fused-ring (bicyclic) bond motifs is 2. The largest absolute Gasteiger partial charge is 0.277 e. The summed E-state index contributed by atoms with van der Waals surface area (Å²) in [5.41, 5.74) is 1.78. The average Bonchev–Trinajstić information content (AvgIpc) is 3.19.